The number of nitrogens with zero attached hydrogens (tertiary/aromatic N) is 2. The molecule has 7 heteroatoms. The highest BCUT2D eigenvalue weighted by atomic mass is 16.6. The monoisotopic (exact) mass is 356 g/mol. The van der Waals surface area contributed by atoms with E-state index in [4.69, 9.17) is 9.47 Å². The zero-order chi connectivity index (χ0) is 18.9. The number of hydrogen-bond donors (Lipinski definition) is 0. The Morgan fingerprint density at radius 2 is 2.04 bits per heavy atom. The molecule has 1 aliphatic heterocycles. The number of nitro groups is 1. The molecule has 1 amide bonds. The third kappa shape index (κ3) is 3.33. The summed E-state index contributed by atoms with van der Waals surface area (Å²) in [7, 11) is 0. The molecule has 0 fully saturated rings. The molecule has 2 aromatic carbocycles. The molecule has 0 saturated heterocycles. The van der Waals surface area contributed by atoms with E-state index in [1.165, 1.54) is 12.1 Å². The van der Waals surface area contributed by atoms with E-state index in [0.29, 0.717) is 24.6 Å². The molecule has 26 heavy (non-hydrogen) atoms. The predicted molar refractivity (Wildman–Crippen MR) is 97.1 cm³/mol. The van der Waals surface area contributed by atoms with E-state index < -0.39 is 10.5 Å². The predicted octanol–water partition coefficient (Wildman–Crippen LogP) is 3.81. The third-order valence-corrected chi connectivity index (χ3v) is 4.03. The number of amides is 1. The van der Waals surface area contributed by atoms with Gasteiger partial charge in [0.25, 0.3) is 5.91 Å². The summed E-state index contributed by atoms with van der Waals surface area (Å²) in [6.45, 7) is 6.17. The van der Waals surface area contributed by atoms with Gasteiger partial charge < -0.3 is 14.4 Å². The largest absolute Gasteiger partial charge is 0.487 e. The van der Waals surface area contributed by atoms with Gasteiger partial charge in [-0.15, -0.1) is 0 Å². The zero-order valence-corrected chi connectivity index (χ0v) is 14.9. The fourth-order valence-electron chi connectivity index (χ4n) is 2.97. The van der Waals surface area contributed by atoms with E-state index in [1.807, 2.05) is 26.0 Å². The van der Waals surface area contributed by atoms with Crippen molar-refractivity contribution in [1.29, 1.82) is 0 Å². The number of benzene rings is 2. The summed E-state index contributed by atoms with van der Waals surface area (Å²) in [4.78, 5) is 25.5. The van der Waals surface area contributed by atoms with Gasteiger partial charge in [0.2, 0.25) is 0 Å². The lowest BCUT2D eigenvalue weighted by atomic mass is 10.0. The molecule has 3 rings (SSSR count). The van der Waals surface area contributed by atoms with Crippen molar-refractivity contribution in [3.63, 3.8) is 0 Å². The van der Waals surface area contributed by atoms with Crippen LogP contribution in [0.5, 0.6) is 11.5 Å². The third-order valence-electron chi connectivity index (χ3n) is 4.03. The van der Waals surface area contributed by atoms with Crippen molar-refractivity contribution in [2.24, 2.45) is 0 Å². The Bertz CT molecular complexity index is 863. The van der Waals surface area contributed by atoms with E-state index in [9.17, 15) is 14.9 Å². The van der Waals surface area contributed by atoms with Crippen LogP contribution in [0.25, 0.3) is 0 Å². The van der Waals surface area contributed by atoms with Gasteiger partial charge in [-0.3, -0.25) is 14.9 Å². The molecule has 0 saturated carbocycles. The van der Waals surface area contributed by atoms with E-state index >= 15 is 0 Å². The summed E-state index contributed by atoms with van der Waals surface area (Å²) in [5.74, 6) is 0.439. The molecular formula is C19H20N2O5. The molecule has 7 nitrogen and oxygen atoms in total. The van der Waals surface area contributed by atoms with Crippen LogP contribution in [0.1, 0.15) is 31.1 Å². The smallest absolute Gasteiger partial charge is 0.311 e. The molecule has 0 aromatic heterocycles. The normalized spacial score (nSPS) is 15.0. The Labute approximate surface area is 151 Å². The number of para-hydroxylation sites is 2. The van der Waals surface area contributed by atoms with Gasteiger partial charge >= 0.3 is 5.69 Å². The molecule has 2 aromatic rings. The van der Waals surface area contributed by atoms with Gasteiger partial charge in [0.1, 0.15) is 11.4 Å². The first-order valence-corrected chi connectivity index (χ1v) is 8.33. The minimum absolute atomic E-state index is 0.150. The van der Waals surface area contributed by atoms with Crippen molar-refractivity contribution < 1.29 is 19.2 Å². The maximum Gasteiger partial charge on any atom is 0.311 e. The molecular weight excluding hydrogens is 336 g/mol. The molecule has 1 aliphatic rings. The molecule has 0 aliphatic carbocycles. The molecule has 0 unspecified atom stereocenters. The van der Waals surface area contributed by atoms with Crippen LogP contribution in [-0.4, -0.2) is 29.6 Å². The Hall–Kier alpha value is -3.09. The van der Waals surface area contributed by atoms with Gasteiger partial charge in [-0.1, -0.05) is 12.1 Å². The first kappa shape index (κ1) is 17.7. The minimum atomic E-state index is -0.568. The first-order valence-electron chi connectivity index (χ1n) is 8.33. The molecule has 0 N–H and O–H groups in total. The van der Waals surface area contributed by atoms with Gasteiger partial charge in [-0.05, 0) is 45.0 Å². The van der Waals surface area contributed by atoms with Gasteiger partial charge in [0.05, 0.1) is 23.8 Å². The second-order valence-corrected chi connectivity index (χ2v) is 6.59. The topological polar surface area (TPSA) is 81.9 Å². The number of hydrogen-bond acceptors (Lipinski definition) is 5. The van der Waals surface area contributed by atoms with E-state index in [1.54, 1.807) is 30.0 Å². The average molecular weight is 356 g/mol. The molecule has 0 spiro atoms. The van der Waals surface area contributed by atoms with E-state index in [2.05, 4.69) is 0 Å². The van der Waals surface area contributed by atoms with Crippen molar-refractivity contribution in [3.8, 4) is 11.5 Å². The standard InChI is InChI=1S/C19H20N2O5/c1-4-25-16-10-9-13(11-15(16)21(23)24)18(22)20-12-19(2,3)26-17-8-6-5-7-14(17)20/h5-11H,4,12H2,1-3H3. The van der Waals surface area contributed by atoms with Crippen LogP contribution < -0.4 is 14.4 Å². The average Bonchev–Trinajstić information content (AvgIpc) is 2.60. The maximum atomic E-state index is 13.1. The van der Waals surface area contributed by atoms with Crippen molar-refractivity contribution in [1.82, 2.24) is 0 Å². The van der Waals surface area contributed by atoms with Crippen molar-refractivity contribution in [2.45, 2.75) is 26.4 Å². The SMILES string of the molecule is CCOc1ccc(C(=O)N2CC(C)(C)Oc3ccccc32)cc1[N+](=O)[O-]. The lowest BCUT2D eigenvalue weighted by Gasteiger charge is -2.39. The quantitative estimate of drug-likeness (QED) is 0.614. The molecule has 0 bridgehead atoms. The van der Waals surface area contributed by atoms with Crippen LogP contribution in [0.4, 0.5) is 11.4 Å². The molecule has 1 heterocycles. The van der Waals surface area contributed by atoms with Gasteiger partial charge in [0.15, 0.2) is 5.75 Å². The Morgan fingerprint density at radius 3 is 2.73 bits per heavy atom. The van der Waals surface area contributed by atoms with Crippen LogP contribution in [0.2, 0.25) is 0 Å². The summed E-state index contributed by atoms with van der Waals surface area (Å²) < 4.78 is 11.2. The summed E-state index contributed by atoms with van der Waals surface area (Å²) in [6, 6.07) is 11.5. The minimum Gasteiger partial charge on any atom is -0.487 e. The van der Waals surface area contributed by atoms with Gasteiger partial charge in [0, 0.05) is 11.6 Å². The highest BCUT2D eigenvalue weighted by Gasteiger charge is 2.35. The number of anilines is 1. The van der Waals surface area contributed by atoms with Crippen LogP contribution in [-0.2, 0) is 0 Å². The van der Waals surface area contributed by atoms with E-state index in [-0.39, 0.29) is 22.9 Å². The Morgan fingerprint density at radius 1 is 1.31 bits per heavy atom. The number of nitro benzene ring substituents is 1. The fraction of sp³-hybridized carbons (Fsp3) is 0.316. The molecule has 0 atom stereocenters. The van der Waals surface area contributed by atoms with Gasteiger partial charge in [-0.2, -0.15) is 0 Å². The first-order chi connectivity index (χ1) is 12.3. The Balaban J connectivity index is 2.02. The summed E-state index contributed by atoms with van der Waals surface area (Å²) in [6.07, 6.45) is 0. The second-order valence-electron chi connectivity index (χ2n) is 6.59. The Kier molecular flexibility index (Phi) is 4.54. The highest BCUT2D eigenvalue weighted by Crippen LogP contribution is 2.38. The van der Waals surface area contributed by atoms with Crippen LogP contribution >= 0.6 is 0 Å². The number of rotatable bonds is 4. The summed E-state index contributed by atoms with van der Waals surface area (Å²) in [5.41, 5.74) is 0.0841. The highest BCUT2D eigenvalue weighted by molar-refractivity contribution is 6.07. The van der Waals surface area contributed by atoms with Crippen LogP contribution in [0.3, 0.4) is 0 Å². The van der Waals surface area contributed by atoms with Crippen LogP contribution in [0.15, 0.2) is 42.5 Å². The molecule has 0 radical (unpaired) electrons. The number of ether oxygens (including phenoxy) is 2. The van der Waals surface area contributed by atoms with E-state index in [0.717, 1.165) is 0 Å². The lowest BCUT2D eigenvalue weighted by molar-refractivity contribution is -0.385. The maximum absolute atomic E-state index is 13.1. The molecule has 136 valence electrons. The van der Waals surface area contributed by atoms with Crippen molar-refractivity contribution in [2.75, 3.05) is 18.1 Å². The van der Waals surface area contributed by atoms with Crippen molar-refractivity contribution in [3.05, 3.63) is 58.1 Å². The summed E-state index contributed by atoms with van der Waals surface area (Å²) in [5, 5.41) is 11.3. The zero-order valence-electron chi connectivity index (χ0n) is 14.9. The number of carbonyl (C=O) groups excluding carboxylic acids is 1. The van der Waals surface area contributed by atoms with Gasteiger partial charge in [-0.25, -0.2) is 0 Å². The fourth-order valence-corrected chi connectivity index (χ4v) is 2.97. The lowest BCUT2D eigenvalue weighted by Crippen LogP contribution is -2.49. The number of fused-ring (bicyclic) bond motifs is 1. The van der Waals surface area contributed by atoms with Crippen LogP contribution in [0, 0.1) is 10.1 Å². The summed E-state index contributed by atoms with van der Waals surface area (Å²) >= 11 is 0. The second kappa shape index (κ2) is 6.67. The van der Waals surface area contributed by atoms with Crippen molar-refractivity contribution >= 4 is 17.3 Å². The number of carbonyl (C=O) groups is 1.